The standard InChI is InChI=1S/C5H8N2O2S/c1-9-3-4-6-5(2-8)10-7-4/h8H,2-3H2,1H3. The lowest BCUT2D eigenvalue weighted by Crippen LogP contribution is -1.90. The van der Waals surface area contributed by atoms with Gasteiger partial charge in [0.25, 0.3) is 0 Å². The Morgan fingerprint density at radius 1 is 1.70 bits per heavy atom. The first kappa shape index (κ1) is 7.59. The number of ether oxygens (including phenoxy) is 1. The van der Waals surface area contributed by atoms with Crippen LogP contribution in [-0.4, -0.2) is 21.6 Å². The highest BCUT2D eigenvalue weighted by molar-refractivity contribution is 7.05. The van der Waals surface area contributed by atoms with Crippen LogP contribution >= 0.6 is 11.5 Å². The molecule has 1 aromatic rings. The van der Waals surface area contributed by atoms with Crippen LogP contribution in [0.15, 0.2) is 0 Å². The molecular weight excluding hydrogens is 152 g/mol. The lowest BCUT2D eigenvalue weighted by Gasteiger charge is -1.87. The van der Waals surface area contributed by atoms with Crippen molar-refractivity contribution in [2.24, 2.45) is 0 Å². The Morgan fingerprint density at radius 3 is 3.00 bits per heavy atom. The van der Waals surface area contributed by atoms with E-state index < -0.39 is 0 Å². The number of methoxy groups -OCH3 is 1. The second kappa shape index (κ2) is 3.60. The van der Waals surface area contributed by atoms with Crippen molar-refractivity contribution in [2.45, 2.75) is 13.2 Å². The highest BCUT2D eigenvalue weighted by atomic mass is 32.1. The zero-order chi connectivity index (χ0) is 7.40. The summed E-state index contributed by atoms with van der Waals surface area (Å²) in [5.41, 5.74) is 0. The predicted octanol–water partition coefficient (Wildman–Crippen LogP) is 0.177. The van der Waals surface area contributed by atoms with Crippen LogP contribution < -0.4 is 0 Å². The largest absolute Gasteiger partial charge is 0.389 e. The van der Waals surface area contributed by atoms with Crippen molar-refractivity contribution < 1.29 is 9.84 Å². The third kappa shape index (κ3) is 1.73. The monoisotopic (exact) mass is 160 g/mol. The molecule has 0 aliphatic rings. The maximum atomic E-state index is 8.59. The smallest absolute Gasteiger partial charge is 0.168 e. The van der Waals surface area contributed by atoms with E-state index in [-0.39, 0.29) is 6.61 Å². The van der Waals surface area contributed by atoms with Gasteiger partial charge in [0.05, 0.1) is 6.61 Å². The molecule has 1 N–H and O–H groups in total. The van der Waals surface area contributed by atoms with Gasteiger partial charge in [-0.2, -0.15) is 4.37 Å². The molecule has 4 nitrogen and oxygen atoms in total. The first-order chi connectivity index (χ1) is 4.86. The van der Waals surface area contributed by atoms with Crippen LogP contribution in [0.5, 0.6) is 0 Å². The van der Waals surface area contributed by atoms with Crippen LogP contribution in [0.2, 0.25) is 0 Å². The maximum Gasteiger partial charge on any atom is 0.168 e. The number of aliphatic hydroxyl groups excluding tert-OH is 1. The third-order valence-electron chi connectivity index (χ3n) is 0.919. The van der Waals surface area contributed by atoms with E-state index in [4.69, 9.17) is 9.84 Å². The van der Waals surface area contributed by atoms with Gasteiger partial charge < -0.3 is 9.84 Å². The SMILES string of the molecule is COCc1nsc(CO)n1. The third-order valence-corrected chi connectivity index (χ3v) is 1.65. The quantitative estimate of drug-likeness (QED) is 0.685. The van der Waals surface area contributed by atoms with Gasteiger partial charge in [0.2, 0.25) is 0 Å². The molecule has 0 aliphatic carbocycles. The molecular formula is C5H8N2O2S. The van der Waals surface area contributed by atoms with Gasteiger partial charge in [-0.1, -0.05) is 0 Å². The van der Waals surface area contributed by atoms with Crippen molar-refractivity contribution in [1.29, 1.82) is 0 Å². The van der Waals surface area contributed by atoms with Gasteiger partial charge in [-0.15, -0.1) is 0 Å². The van der Waals surface area contributed by atoms with Crippen LogP contribution in [0.25, 0.3) is 0 Å². The van der Waals surface area contributed by atoms with E-state index in [9.17, 15) is 0 Å². The topological polar surface area (TPSA) is 55.2 Å². The normalized spacial score (nSPS) is 10.2. The molecule has 0 radical (unpaired) electrons. The Kier molecular flexibility index (Phi) is 2.73. The van der Waals surface area contributed by atoms with Gasteiger partial charge in [-0.25, -0.2) is 4.98 Å². The molecule has 1 heterocycles. The lowest BCUT2D eigenvalue weighted by atomic mass is 10.6. The molecule has 0 aliphatic heterocycles. The Balaban J connectivity index is 2.59. The summed E-state index contributed by atoms with van der Waals surface area (Å²) in [4.78, 5) is 3.95. The molecule has 0 spiro atoms. The molecule has 1 aromatic heterocycles. The number of aliphatic hydroxyl groups is 1. The van der Waals surface area contributed by atoms with Crippen LogP contribution in [0, 0.1) is 0 Å². The van der Waals surface area contributed by atoms with E-state index in [1.807, 2.05) is 0 Å². The minimum Gasteiger partial charge on any atom is -0.389 e. The fourth-order valence-electron chi connectivity index (χ4n) is 0.542. The Hall–Kier alpha value is -0.520. The summed E-state index contributed by atoms with van der Waals surface area (Å²) in [6.07, 6.45) is 0. The molecule has 0 aromatic carbocycles. The molecule has 0 bridgehead atoms. The zero-order valence-corrected chi connectivity index (χ0v) is 6.39. The summed E-state index contributed by atoms with van der Waals surface area (Å²) in [6, 6.07) is 0. The molecule has 0 unspecified atom stereocenters. The van der Waals surface area contributed by atoms with Crippen LogP contribution in [0.1, 0.15) is 10.8 Å². The van der Waals surface area contributed by atoms with E-state index in [0.29, 0.717) is 17.4 Å². The van der Waals surface area contributed by atoms with E-state index >= 15 is 0 Å². The Morgan fingerprint density at radius 2 is 2.50 bits per heavy atom. The molecule has 5 heteroatoms. The number of aromatic nitrogens is 2. The van der Waals surface area contributed by atoms with Gasteiger partial charge in [-0.3, -0.25) is 0 Å². The van der Waals surface area contributed by atoms with Crippen LogP contribution in [-0.2, 0) is 18.0 Å². The van der Waals surface area contributed by atoms with E-state index in [0.717, 1.165) is 0 Å². The minimum absolute atomic E-state index is 0.0403. The molecule has 0 amide bonds. The number of hydrogen-bond acceptors (Lipinski definition) is 5. The summed E-state index contributed by atoms with van der Waals surface area (Å²) in [6.45, 7) is 0.373. The summed E-state index contributed by atoms with van der Waals surface area (Å²) in [7, 11) is 1.58. The predicted molar refractivity (Wildman–Crippen MR) is 36.5 cm³/mol. The van der Waals surface area contributed by atoms with Crippen molar-refractivity contribution in [1.82, 2.24) is 9.36 Å². The van der Waals surface area contributed by atoms with E-state index in [1.165, 1.54) is 11.5 Å². The van der Waals surface area contributed by atoms with Crippen LogP contribution in [0.3, 0.4) is 0 Å². The average molecular weight is 160 g/mol. The molecule has 10 heavy (non-hydrogen) atoms. The number of nitrogens with zero attached hydrogens (tertiary/aromatic N) is 2. The van der Waals surface area contributed by atoms with Crippen molar-refractivity contribution in [3.05, 3.63) is 10.8 Å². The second-order valence-electron chi connectivity index (χ2n) is 1.70. The lowest BCUT2D eigenvalue weighted by molar-refractivity contribution is 0.178. The number of rotatable bonds is 3. The highest BCUT2D eigenvalue weighted by Crippen LogP contribution is 2.04. The van der Waals surface area contributed by atoms with Crippen molar-refractivity contribution in [3.8, 4) is 0 Å². The maximum absolute atomic E-state index is 8.59. The summed E-state index contributed by atoms with van der Waals surface area (Å²) < 4.78 is 8.71. The van der Waals surface area contributed by atoms with E-state index in [1.54, 1.807) is 7.11 Å². The van der Waals surface area contributed by atoms with Gasteiger partial charge in [0.1, 0.15) is 11.6 Å². The van der Waals surface area contributed by atoms with E-state index in [2.05, 4.69) is 9.36 Å². The zero-order valence-electron chi connectivity index (χ0n) is 5.57. The van der Waals surface area contributed by atoms with Crippen molar-refractivity contribution in [3.63, 3.8) is 0 Å². The molecule has 0 atom stereocenters. The molecule has 0 saturated carbocycles. The van der Waals surface area contributed by atoms with Gasteiger partial charge in [-0.05, 0) is 11.5 Å². The molecule has 1 rings (SSSR count). The van der Waals surface area contributed by atoms with Crippen molar-refractivity contribution >= 4 is 11.5 Å². The number of hydrogen-bond donors (Lipinski definition) is 1. The molecule has 0 fully saturated rings. The fraction of sp³-hybridized carbons (Fsp3) is 0.600. The molecule has 0 saturated heterocycles. The first-order valence-corrected chi connectivity index (χ1v) is 3.55. The fourth-order valence-corrected chi connectivity index (χ4v) is 1.05. The summed E-state index contributed by atoms with van der Waals surface area (Å²) in [5, 5.41) is 9.22. The average Bonchev–Trinajstić information content (AvgIpc) is 2.37. The highest BCUT2D eigenvalue weighted by Gasteiger charge is 2.00. The first-order valence-electron chi connectivity index (χ1n) is 2.78. The minimum atomic E-state index is -0.0403. The Labute approximate surface area is 62.7 Å². The van der Waals surface area contributed by atoms with Crippen LogP contribution in [0.4, 0.5) is 0 Å². The van der Waals surface area contributed by atoms with Gasteiger partial charge in [0, 0.05) is 7.11 Å². The van der Waals surface area contributed by atoms with Crippen molar-refractivity contribution in [2.75, 3.05) is 7.11 Å². The second-order valence-corrected chi connectivity index (χ2v) is 2.53. The molecule has 56 valence electrons. The summed E-state index contributed by atoms with van der Waals surface area (Å²) >= 11 is 1.20. The summed E-state index contributed by atoms with van der Waals surface area (Å²) in [5.74, 6) is 0.636. The van der Waals surface area contributed by atoms with Gasteiger partial charge in [0.15, 0.2) is 5.82 Å². The Bertz CT molecular complexity index is 201. The van der Waals surface area contributed by atoms with Gasteiger partial charge >= 0.3 is 0 Å².